The van der Waals surface area contributed by atoms with E-state index in [0.717, 1.165) is 6.07 Å². The Kier molecular flexibility index (Phi) is 4.08. The predicted molar refractivity (Wildman–Crippen MR) is 60.4 cm³/mol. The number of benzene rings is 1. The molecule has 0 aliphatic rings. The van der Waals surface area contributed by atoms with Gasteiger partial charge in [0.1, 0.15) is 0 Å². The fourth-order valence-corrected chi connectivity index (χ4v) is 1.64. The Bertz CT molecular complexity index is 582. The van der Waals surface area contributed by atoms with Gasteiger partial charge in [-0.3, -0.25) is 0 Å². The van der Waals surface area contributed by atoms with Gasteiger partial charge in [0.15, 0.2) is 0 Å². The van der Waals surface area contributed by atoms with Crippen molar-refractivity contribution in [1.82, 2.24) is 0 Å². The van der Waals surface area contributed by atoms with E-state index in [9.17, 15) is 14.4 Å². The molecule has 1 aromatic carbocycles. The number of rotatable bonds is 5. The molecule has 0 aliphatic carbocycles. The van der Waals surface area contributed by atoms with E-state index in [1.807, 2.05) is 0 Å². The quantitative estimate of drug-likeness (QED) is 0.369. The molecule has 108 valence electrons. The molecule has 20 heavy (non-hydrogen) atoms. The van der Waals surface area contributed by atoms with Gasteiger partial charge in [-0.1, -0.05) is 0 Å². The van der Waals surface area contributed by atoms with Crippen LogP contribution in [0.15, 0.2) is 12.1 Å². The lowest BCUT2D eigenvalue weighted by atomic mass is 9.94. The molecular formula is C11H10O9. The molecule has 0 saturated carbocycles. The van der Waals surface area contributed by atoms with E-state index in [1.54, 1.807) is 0 Å². The van der Waals surface area contributed by atoms with Crippen molar-refractivity contribution >= 4 is 17.9 Å². The molecule has 0 atom stereocenters. The summed E-state index contributed by atoms with van der Waals surface area (Å²) in [4.78, 5) is 32.9. The van der Waals surface area contributed by atoms with Gasteiger partial charge in [-0.25, -0.2) is 14.4 Å². The molecule has 6 N–H and O–H groups in total. The minimum Gasteiger partial charge on any atom is -0.478 e. The highest BCUT2D eigenvalue weighted by Crippen LogP contribution is 2.22. The molecule has 0 radical (unpaired) electrons. The monoisotopic (exact) mass is 286 g/mol. The van der Waals surface area contributed by atoms with Crippen molar-refractivity contribution in [3.05, 3.63) is 34.4 Å². The fraction of sp³-hybridized carbons (Fsp3) is 0.182. The Morgan fingerprint density at radius 1 is 0.900 bits per heavy atom. The molecule has 0 spiro atoms. The van der Waals surface area contributed by atoms with E-state index < -0.39 is 52.6 Å². The van der Waals surface area contributed by atoms with Crippen molar-refractivity contribution in [2.75, 3.05) is 0 Å². The van der Waals surface area contributed by atoms with Crippen molar-refractivity contribution in [3.63, 3.8) is 0 Å². The third-order valence-corrected chi connectivity index (χ3v) is 2.34. The van der Waals surface area contributed by atoms with Crippen LogP contribution >= 0.6 is 0 Å². The van der Waals surface area contributed by atoms with E-state index in [-0.39, 0.29) is 0 Å². The van der Waals surface area contributed by atoms with Crippen molar-refractivity contribution in [2.24, 2.45) is 0 Å². The zero-order chi connectivity index (χ0) is 15.7. The van der Waals surface area contributed by atoms with Crippen molar-refractivity contribution in [1.29, 1.82) is 0 Å². The second kappa shape index (κ2) is 5.25. The second-order valence-corrected chi connectivity index (χ2v) is 3.92. The highest BCUT2D eigenvalue weighted by Gasteiger charge is 2.28. The maximum Gasteiger partial charge on any atom is 0.336 e. The number of aromatic carboxylic acids is 3. The van der Waals surface area contributed by atoms with Crippen LogP contribution in [-0.4, -0.2) is 54.5 Å². The lowest BCUT2D eigenvalue weighted by Crippen LogP contribution is -2.31. The zero-order valence-corrected chi connectivity index (χ0v) is 9.77. The van der Waals surface area contributed by atoms with Crippen LogP contribution < -0.4 is 0 Å². The van der Waals surface area contributed by atoms with Gasteiger partial charge in [-0.15, -0.1) is 0 Å². The van der Waals surface area contributed by atoms with Gasteiger partial charge in [0.25, 0.3) is 5.97 Å². The van der Waals surface area contributed by atoms with Crippen LogP contribution in [0.2, 0.25) is 0 Å². The first-order valence-electron chi connectivity index (χ1n) is 5.07. The van der Waals surface area contributed by atoms with Crippen LogP contribution in [0.3, 0.4) is 0 Å². The Labute approximate surface area is 111 Å². The van der Waals surface area contributed by atoms with Crippen LogP contribution in [0.4, 0.5) is 0 Å². The average Bonchev–Trinajstić information content (AvgIpc) is 2.24. The SMILES string of the molecule is O=C(O)c1cc(CC(O)(O)O)c(C(=O)O)c(C(=O)O)c1. The number of hydrogen-bond acceptors (Lipinski definition) is 6. The van der Waals surface area contributed by atoms with E-state index in [0.29, 0.717) is 6.07 Å². The normalized spacial score (nSPS) is 11.2. The molecule has 0 unspecified atom stereocenters. The Balaban J connectivity index is 3.63. The Hall–Kier alpha value is -2.49. The number of carboxylic acids is 3. The van der Waals surface area contributed by atoms with Gasteiger partial charge in [0.05, 0.1) is 23.1 Å². The first kappa shape index (κ1) is 15.6. The minimum atomic E-state index is -3.31. The van der Waals surface area contributed by atoms with E-state index >= 15 is 0 Å². The van der Waals surface area contributed by atoms with Crippen LogP contribution in [0.25, 0.3) is 0 Å². The van der Waals surface area contributed by atoms with Crippen LogP contribution in [0, 0.1) is 0 Å². The van der Waals surface area contributed by atoms with Crippen molar-refractivity contribution in [2.45, 2.75) is 12.4 Å². The van der Waals surface area contributed by atoms with Crippen LogP contribution in [-0.2, 0) is 6.42 Å². The molecule has 0 fully saturated rings. The predicted octanol–water partition coefficient (Wildman–Crippen LogP) is -1.05. The lowest BCUT2D eigenvalue weighted by molar-refractivity contribution is -0.309. The third-order valence-electron chi connectivity index (χ3n) is 2.34. The Morgan fingerprint density at radius 3 is 1.80 bits per heavy atom. The molecule has 0 heterocycles. The first-order valence-corrected chi connectivity index (χ1v) is 5.07. The molecule has 1 rings (SSSR count). The molecule has 9 nitrogen and oxygen atoms in total. The van der Waals surface area contributed by atoms with Crippen LogP contribution in [0.5, 0.6) is 0 Å². The fourth-order valence-electron chi connectivity index (χ4n) is 1.64. The molecule has 0 aliphatic heterocycles. The van der Waals surface area contributed by atoms with Gasteiger partial charge < -0.3 is 30.6 Å². The van der Waals surface area contributed by atoms with E-state index in [1.165, 1.54) is 0 Å². The number of hydrogen-bond donors (Lipinski definition) is 6. The molecule has 9 heteroatoms. The summed E-state index contributed by atoms with van der Waals surface area (Å²) in [5, 5.41) is 53.3. The summed E-state index contributed by atoms with van der Waals surface area (Å²) in [7, 11) is 0. The summed E-state index contributed by atoms with van der Waals surface area (Å²) >= 11 is 0. The standard InChI is InChI=1S/C11H10O9/c12-8(13)4-1-5(3-11(18,19)20)7(10(16)17)6(2-4)9(14)15/h1-2,18-20H,3H2,(H,12,13)(H,14,15)(H,16,17). The molecule has 0 saturated heterocycles. The minimum absolute atomic E-state index is 0.540. The topological polar surface area (TPSA) is 173 Å². The largest absolute Gasteiger partial charge is 0.478 e. The molecule has 0 bridgehead atoms. The molecule has 1 aromatic rings. The number of carbonyl (C=O) groups is 3. The van der Waals surface area contributed by atoms with Gasteiger partial charge in [-0.05, 0) is 17.7 Å². The maximum atomic E-state index is 11.1. The highest BCUT2D eigenvalue weighted by atomic mass is 16.7. The average molecular weight is 286 g/mol. The summed E-state index contributed by atoms with van der Waals surface area (Å²) in [6.45, 7) is 0. The van der Waals surface area contributed by atoms with Crippen LogP contribution in [0.1, 0.15) is 36.6 Å². The molecule has 0 aromatic heterocycles. The zero-order valence-electron chi connectivity index (χ0n) is 9.77. The Morgan fingerprint density at radius 2 is 1.45 bits per heavy atom. The molecule has 0 amide bonds. The van der Waals surface area contributed by atoms with Gasteiger partial charge >= 0.3 is 17.9 Å². The van der Waals surface area contributed by atoms with Gasteiger partial charge in [-0.2, -0.15) is 0 Å². The van der Waals surface area contributed by atoms with E-state index in [2.05, 4.69) is 0 Å². The first-order chi connectivity index (χ1) is 9.03. The smallest absolute Gasteiger partial charge is 0.336 e. The molecular weight excluding hydrogens is 276 g/mol. The summed E-state index contributed by atoms with van der Waals surface area (Å²) in [5.74, 6) is -8.26. The summed E-state index contributed by atoms with van der Waals surface area (Å²) in [6, 6.07) is 1.38. The van der Waals surface area contributed by atoms with E-state index in [4.69, 9.17) is 30.6 Å². The third kappa shape index (κ3) is 3.51. The van der Waals surface area contributed by atoms with Gasteiger partial charge in [0.2, 0.25) is 0 Å². The summed E-state index contributed by atoms with van der Waals surface area (Å²) in [5.41, 5.74) is -2.77. The lowest BCUT2D eigenvalue weighted by Gasteiger charge is -2.17. The highest BCUT2D eigenvalue weighted by molar-refractivity contribution is 6.05. The van der Waals surface area contributed by atoms with Gasteiger partial charge in [0, 0.05) is 0 Å². The number of aliphatic hydroxyl groups is 3. The van der Waals surface area contributed by atoms with Crippen molar-refractivity contribution in [3.8, 4) is 0 Å². The number of carboxylic acid groups (broad SMARTS) is 3. The summed E-state index contributed by atoms with van der Waals surface area (Å²) < 4.78 is 0. The maximum absolute atomic E-state index is 11.1. The summed E-state index contributed by atoms with van der Waals surface area (Å²) in [6.07, 6.45) is -1.07. The second-order valence-electron chi connectivity index (χ2n) is 3.92. The van der Waals surface area contributed by atoms with Crippen molar-refractivity contribution < 1.29 is 45.0 Å².